The molecule has 0 radical (unpaired) electrons. The predicted molar refractivity (Wildman–Crippen MR) is 61.5 cm³/mol. The molecule has 0 spiro atoms. The van der Waals surface area contributed by atoms with E-state index < -0.39 is 0 Å². The average Bonchev–Trinajstić information content (AvgIpc) is 2.37. The highest BCUT2D eigenvalue weighted by Gasteiger charge is 2.10. The van der Waals surface area contributed by atoms with Gasteiger partial charge in [0.1, 0.15) is 0 Å². The van der Waals surface area contributed by atoms with E-state index in [2.05, 4.69) is 21.0 Å². The molecule has 17 heavy (non-hydrogen) atoms. The van der Waals surface area contributed by atoms with Gasteiger partial charge in [-0.1, -0.05) is 12.1 Å². The fourth-order valence-electron chi connectivity index (χ4n) is 1.32. The number of ether oxygens (including phenoxy) is 1. The molecule has 0 fully saturated rings. The maximum atomic E-state index is 8.99. The number of benzene rings is 1. The Morgan fingerprint density at radius 2 is 2.00 bits per heavy atom. The van der Waals surface area contributed by atoms with Crippen LogP contribution in [0, 0.1) is 11.3 Å². The van der Waals surface area contributed by atoms with Gasteiger partial charge >= 0.3 is 6.01 Å². The first-order valence-corrected chi connectivity index (χ1v) is 5.07. The third-order valence-corrected chi connectivity index (χ3v) is 2.23. The first-order chi connectivity index (χ1) is 8.24. The summed E-state index contributed by atoms with van der Waals surface area (Å²) < 4.78 is 4.90. The summed E-state index contributed by atoms with van der Waals surface area (Å²) in [5.41, 5.74) is 1.06. The van der Waals surface area contributed by atoms with Crippen molar-refractivity contribution in [3.8, 4) is 23.5 Å². The second kappa shape index (κ2) is 4.76. The zero-order chi connectivity index (χ0) is 12.3. The van der Waals surface area contributed by atoms with Gasteiger partial charge in [-0.3, -0.25) is 0 Å². The molecule has 0 aliphatic carbocycles. The number of hydrogen-bond acceptors (Lipinski definition) is 5. The minimum Gasteiger partial charge on any atom is -0.467 e. The van der Waals surface area contributed by atoms with Gasteiger partial charge < -0.3 is 4.74 Å². The molecule has 2 aromatic rings. The van der Waals surface area contributed by atoms with Crippen molar-refractivity contribution in [1.29, 1.82) is 5.26 Å². The van der Waals surface area contributed by atoms with Gasteiger partial charge in [-0.05, 0) is 23.7 Å². The molecule has 0 saturated heterocycles. The van der Waals surface area contributed by atoms with Gasteiger partial charge in [-0.15, -0.1) is 0 Å². The molecule has 0 N–H and O–H groups in total. The van der Waals surface area contributed by atoms with Crippen LogP contribution in [0.15, 0.2) is 24.3 Å². The Hall–Kier alpha value is -2.19. The molecule has 2 rings (SSSR count). The molecule has 0 aliphatic rings. The molecule has 0 amide bonds. The van der Waals surface area contributed by atoms with Crippen molar-refractivity contribution in [3.63, 3.8) is 0 Å². The highest BCUT2D eigenvalue weighted by atomic mass is 35.5. The van der Waals surface area contributed by atoms with Crippen molar-refractivity contribution in [2.45, 2.75) is 0 Å². The standard InChI is InChI=1S/C11H7ClN4O/c1-17-11-15-9(14-10(12)16-11)8-5-3-2-4-7(8)6-13/h2-5H,1H3. The number of nitrogens with zero attached hydrogens (tertiary/aromatic N) is 4. The lowest BCUT2D eigenvalue weighted by atomic mass is 10.1. The van der Waals surface area contributed by atoms with Crippen molar-refractivity contribution in [2.75, 3.05) is 7.11 Å². The van der Waals surface area contributed by atoms with Crippen molar-refractivity contribution in [3.05, 3.63) is 35.1 Å². The quantitative estimate of drug-likeness (QED) is 0.811. The van der Waals surface area contributed by atoms with E-state index in [1.165, 1.54) is 7.11 Å². The van der Waals surface area contributed by atoms with Crippen LogP contribution in [0.3, 0.4) is 0 Å². The minimum atomic E-state index is 0.0274. The van der Waals surface area contributed by atoms with E-state index in [1.807, 2.05) is 0 Å². The Morgan fingerprint density at radius 1 is 1.24 bits per heavy atom. The van der Waals surface area contributed by atoms with Crippen LogP contribution in [0.4, 0.5) is 0 Å². The van der Waals surface area contributed by atoms with E-state index in [4.69, 9.17) is 21.6 Å². The van der Waals surface area contributed by atoms with Crippen LogP contribution in [0.2, 0.25) is 5.28 Å². The number of halogens is 1. The van der Waals surface area contributed by atoms with Crippen molar-refractivity contribution in [1.82, 2.24) is 15.0 Å². The summed E-state index contributed by atoms with van der Waals surface area (Å²) in [4.78, 5) is 11.8. The van der Waals surface area contributed by atoms with Crippen LogP contribution in [0.1, 0.15) is 5.56 Å². The number of hydrogen-bond donors (Lipinski definition) is 0. The van der Waals surface area contributed by atoms with Crippen LogP contribution >= 0.6 is 11.6 Å². The van der Waals surface area contributed by atoms with Gasteiger partial charge in [-0.25, -0.2) is 0 Å². The molecular weight excluding hydrogens is 240 g/mol. The van der Waals surface area contributed by atoms with Crippen LogP contribution in [-0.2, 0) is 0 Å². The van der Waals surface area contributed by atoms with Gasteiger partial charge in [0.25, 0.3) is 0 Å². The number of aromatic nitrogens is 3. The van der Waals surface area contributed by atoms with E-state index in [-0.39, 0.29) is 11.3 Å². The summed E-state index contributed by atoms with van der Waals surface area (Å²) in [7, 11) is 1.44. The minimum absolute atomic E-state index is 0.0274. The maximum absolute atomic E-state index is 8.99. The van der Waals surface area contributed by atoms with Crippen molar-refractivity contribution >= 4 is 11.6 Å². The van der Waals surface area contributed by atoms with E-state index in [0.29, 0.717) is 17.0 Å². The van der Waals surface area contributed by atoms with Crippen LogP contribution < -0.4 is 4.74 Å². The van der Waals surface area contributed by atoms with Crippen molar-refractivity contribution in [2.24, 2.45) is 0 Å². The second-order valence-corrected chi connectivity index (χ2v) is 3.41. The van der Waals surface area contributed by atoms with Crippen LogP contribution in [-0.4, -0.2) is 22.1 Å². The summed E-state index contributed by atoms with van der Waals surface area (Å²) in [6.07, 6.45) is 0. The smallest absolute Gasteiger partial charge is 0.321 e. The monoisotopic (exact) mass is 246 g/mol. The normalized spacial score (nSPS) is 9.71. The van der Waals surface area contributed by atoms with E-state index in [0.717, 1.165) is 0 Å². The van der Waals surface area contributed by atoms with Gasteiger partial charge in [0.2, 0.25) is 5.28 Å². The molecule has 0 saturated carbocycles. The molecule has 5 nitrogen and oxygen atoms in total. The summed E-state index contributed by atoms with van der Waals surface area (Å²) in [6, 6.07) is 9.16. The summed E-state index contributed by atoms with van der Waals surface area (Å²) in [5, 5.41) is 9.02. The van der Waals surface area contributed by atoms with Gasteiger partial charge in [0, 0.05) is 5.56 Å². The largest absolute Gasteiger partial charge is 0.467 e. The highest BCUT2D eigenvalue weighted by molar-refractivity contribution is 6.28. The molecule has 1 aromatic heterocycles. The fraction of sp³-hybridized carbons (Fsp3) is 0.0909. The predicted octanol–water partition coefficient (Wildman–Crippen LogP) is 2.07. The lowest BCUT2D eigenvalue weighted by Crippen LogP contribution is -1.99. The van der Waals surface area contributed by atoms with Crippen LogP contribution in [0.25, 0.3) is 11.4 Å². The Bertz CT molecular complexity index is 594. The Morgan fingerprint density at radius 3 is 2.71 bits per heavy atom. The van der Waals surface area contributed by atoms with E-state index >= 15 is 0 Å². The van der Waals surface area contributed by atoms with Gasteiger partial charge in [0.05, 0.1) is 18.7 Å². The molecule has 6 heteroatoms. The number of rotatable bonds is 2. The molecule has 0 unspecified atom stereocenters. The summed E-state index contributed by atoms with van der Waals surface area (Å²) in [5.74, 6) is 0.319. The molecule has 84 valence electrons. The van der Waals surface area contributed by atoms with Gasteiger partial charge in [0.15, 0.2) is 5.82 Å². The Kier molecular flexibility index (Phi) is 3.17. The Balaban J connectivity index is 2.60. The third kappa shape index (κ3) is 2.32. The van der Waals surface area contributed by atoms with Crippen LogP contribution in [0.5, 0.6) is 6.01 Å². The van der Waals surface area contributed by atoms with Crippen molar-refractivity contribution < 1.29 is 4.74 Å². The first kappa shape index (κ1) is 11.3. The maximum Gasteiger partial charge on any atom is 0.321 e. The SMILES string of the molecule is COc1nc(Cl)nc(-c2ccccc2C#N)n1. The Labute approximate surface area is 103 Å². The lowest BCUT2D eigenvalue weighted by molar-refractivity contribution is 0.379. The second-order valence-electron chi connectivity index (χ2n) is 3.07. The number of methoxy groups -OCH3 is 1. The lowest BCUT2D eigenvalue weighted by Gasteiger charge is -2.04. The molecule has 1 aromatic carbocycles. The highest BCUT2D eigenvalue weighted by Crippen LogP contribution is 2.21. The summed E-state index contributed by atoms with van der Waals surface area (Å²) in [6.45, 7) is 0. The molecule has 0 atom stereocenters. The van der Waals surface area contributed by atoms with Gasteiger partial charge in [-0.2, -0.15) is 20.2 Å². The first-order valence-electron chi connectivity index (χ1n) is 4.69. The fourth-order valence-corrected chi connectivity index (χ4v) is 1.47. The topological polar surface area (TPSA) is 71.7 Å². The van der Waals surface area contributed by atoms with E-state index in [9.17, 15) is 0 Å². The zero-order valence-corrected chi connectivity index (χ0v) is 9.64. The third-order valence-electron chi connectivity index (χ3n) is 2.06. The zero-order valence-electron chi connectivity index (χ0n) is 8.88. The molecule has 1 heterocycles. The van der Waals surface area contributed by atoms with E-state index in [1.54, 1.807) is 24.3 Å². The summed E-state index contributed by atoms with van der Waals surface area (Å²) >= 11 is 5.75. The molecule has 0 aliphatic heterocycles. The number of nitriles is 1. The molecule has 0 bridgehead atoms. The average molecular weight is 247 g/mol. The molecular formula is C11H7ClN4O.